The second-order valence-electron chi connectivity index (χ2n) is 2.34. The minimum Gasteiger partial charge on any atom is -0.466 e. The molecule has 68 valence electrons. The summed E-state index contributed by atoms with van der Waals surface area (Å²) in [6, 6.07) is 3.33. The van der Waals surface area contributed by atoms with Gasteiger partial charge in [-0.3, -0.25) is 4.79 Å². The van der Waals surface area contributed by atoms with E-state index in [1.807, 2.05) is 0 Å². The van der Waals surface area contributed by atoms with Crippen LogP contribution in [-0.4, -0.2) is 24.3 Å². The molecule has 0 bridgehead atoms. The fourth-order valence-electron chi connectivity index (χ4n) is 0.821. The molecule has 13 heavy (non-hydrogen) atoms. The van der Waals surface area contributed by atoms with Gasteiger partial charge in [-0.1, -0.05) is 0 Å². The lowest BCUT2D eigenvalue weighted by Crippen LogP contribution is -1.93. The van der Waals surface area contributed by atoms with Crippen molar-refractivity contribution in [2.24, 2.45) is 0 Å². The molecule has 0 spiro atoms. The molecule has 4 nitrogen and oxygen atoms in total. The van der Waals surface area contributed by atoms with Gasteiger partial charge in [0.05, 0.1) is 12.8 Å². The Hall–Kier alpha value is -1.84. The fraction of sp³-hybridized carbons (Fsp3) is 0.111. The molecule has 0 aromatic carbocycles. The minimum atomic E-state index is -0.428. The summed E-state index contributed by atoms with van der Waals surface area (Å²) in [4.78, 5) is 23.7. The molecule has 0 radical (unpaired) electrons. The van der Waals surface area contributed by atoms with Crippen molar-refractivity contribution in [1.29, 1.82) is 0 Å². The Morgan fingerprint density at radius 1 is 1.46 bits per heavy atom. The molecule has 0 aliphatic heterocycles. The summed E-state index contributed by atoms with van der Waals surface area (Å²) < 4.78 is 4.40. The molecule has 0 unspecified atom stereocenters. The van der Waals surface area contributed by atoms with Crippen LogP contribution in [0, 0.1) is 0 Å². The molecule has 0 saturated carbocycles. The molecule has 1 heterocycles. The van der Waals surface area contributed by atoms with Gasteiger partial charge in [0.2, 0.25) is 0 Å². The first-order chi connectivity index (χ1) is 6.26. The Morgan fingerprint density at radius 3 is 2.69 bits per heavy atom. The van der Waals surface area contributed by atoms with Gasteiger partial charge in [-0.25, -0.2) is 4.79 Å². The summed E-state index contributed by atoms with van der Waals surface area (Å²) in [5, 5.41) is 0. The fourth-order valence-corrected chi connectivity index (χ4v) is 0.821. The van der Waals surface area contributed by atoms with Crippen molar-refractivity contribution in [1.82, 2.24) is 4.98 Å². The zero-order valence-corrected chi connectivity index (χ0v) is 7.11. The minimum absolute atomic E-state index is 0.428. The second kappa shape index (κ2) is 4.25. The number of aromatic amines is 1. The lowest BCUT2D eigenvalue weighted by atomic mass is 10.4. The molecule has 1 N–H and O–H groups in total. The van der Waals surface area contributed by atoms with E-state index in [2.05, 4.69) is 9.72 Å². The predicted molar refractivity (Wildman–Crippen MR) is 47.2 cm³/mol. The third kappa shape index (κ3) is 2.59. The number of hydrogen-bond acceptors (Lipinski definition) is 3. The van der Waals surface area contributed by atoms with Crippen LogP contribution >= 0.6 is 0 Å². The highest BCUT2D eigenvalue weighted by molar-refractivity contribution is 5.86. The van der Waals surface area contributed by atoms with E-state index in [9.17, 15) is 9.59 Å². The number of ether oxygens (including phenoxy) is 1. The van der Waals surface area contributed by atoms with Gasteiger partial charge in [0.15, 0.2) is 6.29 Å². The summed E-state index contributed by atoms with van der Waals surface area (Å²) in [7, 11) is 1.30. The maximum absolute atomic E-state index is 10.7. The molecule has 0 atom stereocenters. The van der Waals surface area contributed by atoms with Gasteiger partial charge in [0, 0.05) is 11.8 Å². The zero-order valence-electron chi connectivity index (χ0n) is 7.11. The van der Waals surface area contributed by atoms with Crippen LogP contribution in [0.25, 0.3) is 6.08 Å². The highest BCUT2D eigenvalue weighted by Crippen LogP contribution is 2.01. The normalized spacial score (nSPS) is 10.2. The van der Waals surface area contributed by atoms with Gasteiger partial charge in [-0.15, -0.1) is 0 Å². The van der Waals surface area contributed by atoms with Crippen molar-refractivity contribution in [3.05, 3.63) is 29.6 Å². The number of hydrogen-bond donors (Lipinski definition) is 1. The lowest BCUT2D eigenvalue weighted by Gasteiger charge is -1.88. The Kier molecular flexibility index (Phi) is 3.03. The van der Waals surface area contributed by atoms with Crippen LogP contribution in [-0.2, 0) is 9.53 Å². The van der Waals surface area contributed by atoms with Crippen molar-refractivity contribution in [3.63, 3.8) is 0 Å². The van der Waals surface area contributed by atoms with Crippen molar-refractivity contribution in [3.8, 4) is 0 Å². The van der Waals surface area contributed by atoms with Gasteiger partial charge >= 0.3 is 5.97 Å². The highest BCUT2D eigenvalue weighted by Gasteiger charge is 1.94. The Morgan fingerprint density at radius 2 is 2.15 bits per heavy atom. The number of carbonyl (C=O) groups excluding carboxylic acids is 2. The molecule has 0 aliphatic carbocycles. The number of esters is 1. The van der Waals surface area contributed by atoms with E-state index in [-0.39, 0.29) is 0 Å². The van der Waals surface area contributed by atoms with E-state index in [1.165, 1.54) is 13.2 Å². The SMILES string of the molecule is COC(=O)/C=C/c1ccc(C=O)[nH]1. The summed E-state index contributed by atoms with van der Waals surface area (Å²) in [6.07, 6.45) is 3.52. The number of nitrogens with one attached hydrogen (secondary N) is 1. The summed E-state index contributed by atoms with van der Waals surface area (Å²) >= 11 is 0. The molecule has 1 aromatic heterocycles. The molecule has 1 aromatic rings. The third-order valence-corrected chi connectivity index (χ3v) is 1.46. The molecule has 0 fully saturated rings. The average molecular weight is 179 g/mol. The molecular formula is C9H9NO3. The maximum atomic E-state index is 10.7. The largest absolute Gasteiger partial charge is 0.466 e. The van der Waals surface area contributed by atoms with Crippen LogP contribution in [0.5, 0.6) is 0 Å². The summed E-state index contributed by atoms with van der Waals surface area (Å²) in [5.41, 5.74) is 1.16. The average Bonchev–Trinajstić information content (AvgIpc) is 2.61. The van der Waals surface area contributed by atoms with Crippen molar-refractivity contribution < 1.29 is 14.3 Å². The van der Waals surface area contributed by atoms with Crippen LogP contribution in [0.1, 0.15) is 16.2 Å². The van der Waals surface area contributed by atoms with E-state index in [0.717, 1.165) is 0 Å². The number of carbonyl (C=O) groups is 2. The molecule has 1 rings (SSSR count). The van der Waals surface area contributed by atoms with Crippen molar-refractivity contribution in [2.45, 2.75) is 0 Å². The monoisotopic (exact) mass is 179 g/mol. The van der Waals surface area contributed by atoms with Crippen LogP contribution in [0.15, 0.2) is 18.2 Å². The standard InChI is InChI=1S/C9H9NO3/c1-13-9(12)5-4-7-2-3-8(6-11)10-7/h2-6,10H,1H3/b5-4+. The smallest absolute Gasteiger partial charge is 0.330 e. The zero-order chi connectivity index (χ0) is 9.68. The van der Waals surface area contributed by atoms with E-state index in [0.29, 0.717) is 17.7 Å². The number of methoxy groups -OCH3 is 1. The van der Waals surface area contributed by atoms with Crippen LogP contribution in [0.4, 0.5) is 0 Å². The van der Waals surface area contributed by atoms with E-state index in [1.54, 1.807) is 18.2 Å². The van der Waals surface area contributed by atoms with Crippen LogP contribution in [0.3, 0.4) is 0 Å². The van der Waals surface area contributed by atoms with E-state index in [4.69, 9.17) is 0 Å². The Bertz CT molecular complexity index is 338. The van der Waals surface area contributed by atoms with Gasteiger partial charge in [0.25, 0.3) is 0 Å². The molecule has 4 heteroatoms. The first-order valence-corrected chi connectivity index (χ1v) is 3.66. The first-order valence-electron chi connectivity index (χ1n) is 3.66. The van der Waals surface area contributed by atoms with Crippen LogP contribution < -0.4 is 0 Å². The van der Waals surface area contributed by atoms with E-state index >= 15 is 0 Å². The third-order valence-electron chi connectivity index (χ3n) is 1.46. The van der Waals surface area contributed by atoms with Gasteiger partial charge < -0.3 is 9.72 Å². The molecule has 0 aliphatic rings. The van der Waals surface area contributed by atoms with Gasteiger partial charge in [0.1, 0.15) is 0 Å². The first kappa shape index (κ1) is 9.25. The van der Waals surface area contributed by atoms with E-state index < -0.39 is 5.97 Å². The molecule has 0 saturated heterocycles. The Balaban J connectivity index is 2.68. The van der Waals surface area contributed by atoms with Crippen molar-refractivity contribution >= 4 is 18.3 Å². The maximum Gasteiger partial charge on any atom is 0.330 e. The predicted octanol–water partition coefficient (Wildman–Crippen LogP) is 1.01. The number of aromatic nitrogens is 1. The second-order valence-corrected chi connectivity index (χ2v) is 2.34. The summed E-state index contributed by atoms with van der Waals surface area (Å²) in [6.45, 7) is 0. The van der Waals surface area contributed by atoms with Crippen molar-refractivity contribution in [2.75, 3.05) is 7.11 Å². The number of aldehydes is 1. The summed E-state index contributed by atoms with van der Waals surface area (Å²) in [5.74, 6) is -0.428. The topological polar surface area (TPSA) is 59.2 Å². The quantitative estimate of drug-likeness (QED) is 0.428. The van der Waals surface area contributed by atoms with Gasteiger partial charge in [-0.2, -0.15) is 0 Å². The molecule has 0 amide bonds. The van der Waals surface area contributed by atoms with Crippen LogP contribution in [0.2, 0.25) is 0 Å². The van der Waals surface area contributed by atoms with Gasteiger partial charge in [-0.05, 0) is 18.2 Å². The Labute approximate surface area is 75.2 Å². The lowest BCUT2D eigenvalue weighted by molar-refractivity contribution is -0.134. The number of rotatable bonds is 3. The number of H-pyrrole nitrogens is 1. The molecular weight excluding hydrogens is 170 g/mol. The highest BCUT2D eigenvalue weighted by atomic mass is 16.5.